The van der Waals surface area contributed by atoms with Gasteiger partial charge in [0.2, 0.25) is 0 Å². The monoisotopic (exact) mass is 405 g/mol. The number of rotatable bonds is 3. The summed E-state index contributed by atoms with van der Waals surface area (Å²) in [6, 6.07) is 6.39. The number of fused-ring (bicyclic) bond motifs is 1. The first-order valence-corrected chi connectivity index (χ1v) is 7.04. The molecule has 0 saturated carbocycles. The Morgan fingerprint density at radius 1 is 1.24 bits per heavy atom. The fourth-order valence-corrected chi connectivity index (χ4v) is 1.97. The molecule has 118 valence electrons. The first-order chi connectivity index (χ1) is 9.69. The summed E-state index contributed by atoms with van der Waals surface area (Å²) in [4.78, 5) is 4.18. The van der Waals surface area contributed by atoms with E-state index in [1.807, 2.05) is 18.2 Å². The van der Waals surface area contributed by atoms with Gasteiger partial charge in [0.05, 0.1) is 13.2 Å². The lowest BCUT2D eigenvalue weighted by Crippen LogP contribution is -2.40. The van der Waals surface area contributed by atoms with Crippen LogP contribution in [0, 0.1) is 0 Å². The molecule has 0 bridgehead atoms. The molecule has 2 rings (SSSR count). The van der Waals surface area contributed by atoms with E-state index >= 15 is 0 Å². The molecule has 0 atom stereocenters. The highest BCUT2D eigenvalue weighted by molar-refractivity contribution is 14.0. The van der Waals surface area contributed by atoms with Crippen molar-refractivity contribution >= 4 is 29.9 Å². The summed E-state index contributed by atoms with van der Waals surface area (Å²) in [5, 5.41) is 6.54. The van der Waals surface area contributed by atoms with Gasteiger partial charge in [-0.1, -0.05) is 6.07 Å². The average Bonchev–Trinajstić information content (AvgIpc) is 2.67. The molecule has 0 unspecified atom stereocenters. The summed E-state index contributed by atoms with van der Waals surface area (Å²) in [5.41, 5.74) is 1.14. The summed E-state index contributed by atoms with van der Waals surface area (Å²) in [7, 11) is 1.77. The van der Waals surface area contributed by atoms with Crippen LogP contribution >= 0.6 is 24.0 Å². The molecule has 0 radical (unpaired) electrons. The zero-order valence-electron chi connectivity index (χ0n) is 12.8. The highest BCUT2D eigenvalue weighted by Crippen LogP contribution is 2.30. The fraction of sp³-hybridized carbons (Fsp3) is 0.533. The van der Waals surface area contributed by atoms with Gasteiger partial charge in [-0.3, -0.25) is 4.99 Å². The fourth-order valence-electron chi connectivity index (χ4n) is 1.97. The van der Waals surface area contributed by atoms with Crippen molar-refractivity contribution < 1.29 is 9.47 Å². The van der Waals surface area contributed by atoms with Crippen molar-refractivity contribution in [1.29, 1.82) is 0 Å². The van der Waals surface area contributed by atoms with Crippen LogP contribution in [0.25, 0.3) is 0 Å². The van der Waals surface area contributed by atoms with E-state index in [4.69, 9.17) is 9.47 Å². The minimum atomic E-state index is 0. The Labute approximate surface area is 143 Å². The number of hydrogen-bond donors (Lipinski definition) is 2. The Morgan fingerprint density at radius 3 is 2.62 bits per heavy atom. The molecule has 2 N–H and O–H groups in total. The van der Waals surface area contributed by atoms with Crippen molar-refractivity contribution in [1.82, 2.24) is 10.6 Å². The topological polar surface area (TPSA) is 54.9 Å². The van der Waals surface area contributed by atoms with Crippen molar-refractivity contribution in [3.8, 4) is 11.5 Å². The van der Waals surface area contributed by atoms with Gasteiger partial charge in [-0.25, -0.2) is 0 Å². The van der Waals surface area contributed by atoms with Gasteiger partial charge in [0.15, 0.2) is 17.5 Å². The Kier molecular flexibility index (Phi) is 7.63. The zero-order valence-corrected chi connectivity index (χ0v) is 15.1. The number of aliphatic imine (C=N–C) groups is 1. The molecule has 0 amide bonds. The van der Waals surface area contributed by atoms with Crippen molar-refractivity contribution in [2.24, 2.45) is 4.99 Å². The Bertz CT molecular complexity index is 478. The van der Waals surface area contributed by atoms with Gasteiger partial charge in [-0.2, -0.15) is 0 Å². The number of hydrogen-bond acceptors (Lipinski definition) is 3. The van der Waals surface area contributed by atoms with E-state index in [2.05, 4.69) is 29.5 Å². The van der Waals surface area contributed by atoms with E-state index in [1.165, 1.54) is 0 Å². The van der Waals surface area contributed by atoms with Gasteiger partial charge in [-0.05, 0) is 31.5 Å². The quantitative estimate of drug-likeness (QED) is 0.461. The Balaban J connectivity index is 0.00000220. The van der Waals surface area contributed by atoms with Crippen LogP contribution in [0.2, 0.25) is 0 Å². The smallest absolute Gasteiger partial charge is 0.191 e. The molecule has 0 saturated heterocycles. The van der Waals surface area contributed by atoms with E-state index in [1.54, 1.807) is 7.05 Å². The largest absolute Gasteiger partial charge is 0.490 e. The molecule has 5 nitrogen and oxygen atoms in total. The van der Waals surface area contributed by atoms with Gasteiger partial charge in [-0.15, -0.1) is 24.0 Å². The molecule has 1 aromatic carbocycles. The molecule has 1 heterocycles. The van der Waals surface area contributed by atoms with Crippen molar-refractivity contribution in [2.45, 2.75) is 32.9 Å². The predicted octanol–water partition coefficient (Wildman–Crippen LogP) is 2.54. The molecule has 0 fully saturated rings. The Morgan fingerprint density at radius 2 is 1.95 bits per heavy atom. The molecule has 21 heavy (non-hydrogen) atoms. The number of benzene rings is 1. The molecule has 0 aliphatic carbocycles. The van der Waals surface area contributed by atoms with Gasteiger partial charge in [0.25, 0.3) is 0 Å². The normalized spacial score (nSPS) is 14.2. The van der Waals surface area contributed by atoms with Crippen LogP contribution in [0.15, 0.2) is 23.2 Å². The van der Waals surface area contributed by atoms with Gasteiger partial charge >= 0.3 is 0 Å². The second-order valence-electron chi connectivity index (χ2n) is 5.06. The van der Waals surface area contributed by atoms with Crippen LogP contribution in [0.1, 0.15) is 25.8 Å². The van der Waals surface area contributed by atoms with Gasteiger partial charge in [0.1, 0.15) is 0 Å². The van der Waals surface area contributed by atoms with Crippen molar-refractivity contribution in [3.05, 3.63) is 23.8 Å². The number of nitrogens with zero attached hydrogens (tertiary/aromatic N) is 1. The Hall–Kier alpha value is -1.18. The average molecular weight is 405 g/mol. The van der Waals surface area contributed by atoms with Crippen LogP contribution in [-0.4, -0.2) is 32.3 Å². The number of nitrogens with one attached hydrogen (secondary N) is 2. The lowest BCUT2D eigenvalue weighted by molar-refractivity contribution is 0.297. The molecule has 0 aromatic heterocycles. The maximum atomic E-state index is 5.69. The standard InChI is InChI=1S/C15H23N3O2.HI/c1-11(2)18-15(16-3)17-10-12-5-6-13-14(9-12)20-8-4-7-19-13;/h5-6,9,11H,4,7-8,10H2,1-3H3,(H2,16,17,18);1H. The molecular weight excluding hydrogens is 381 g/mol. The summed E-state index contributed by atoms with van der Waals surface area (Å²) >= 11 is 0. The SMILES string of the molecule is CN=C(NCc1ccc2c(c1)OCCCO2)NC(C)C.I. The molecule has 1 aromatic rings. The van der Waals surface area contributed by atoms with Gasteiger partial charge in [0, 0.05) is 26.1 Å². The maximum absolute atomic E-state index is 5.69. The lowest BCUT2D eigenvalue weighted by atomic mass is 10.2. The van der Waals surface area contributed by atoms with Crippen LogP contribution in [0.4, 0.5) is 0 Å². The lowest BCUT2D eigenvalue weighted by Gasteiger charge is -2.15. The summed E-state index contributed by atoms with van der Waals surface area (Å²) in [6.07, 6.45) is 0.924. The highest BCUT2D eigenvalue weighted by Gasteiger charge is 2.10. The maximum Gasteiger partial charge on any atom is 0.191 e. The molecule has 0 spiro atoms. The predicted molar refractivity (Wildman–Crippen MR) is 95.9 cm³/mol. The van der Waals surface area contributed by atoms with E-state index in [9.17, 15) is 0 Å². The van der Waals surface area contributed by atoms with Crippen molar-refractivity contribution in [2.75, 3.05) is 20.3 Å². The minimum absolute atomic E-state index is 0. The summed E-state index contributed by atoms with van der Waals surface area (Å²) in [5.74, 6) is 2.46. The van der Waals surface area contributed by atoms with E-state index in [-0.39, 0.29) is 24.0 Å². The molecule has 6 heteroatoms. The van der Waals surface area contributed by atoms with E-state index < -0.39 is 0 Å². The van der Waals surface area contributed by atoms with Crippen LogP contribution in [-0.2, 0) is 6.54 Å². The van der Waals surface area contributed by atoms with Crippen molar-refractivity contribution in [3.63, 3.8) is 0 Å². The first-order valence-electron chi connectivity index (χ1n) is 7.04. The van der Waals surface area contributed by atoms with Crippen LogP contribution in [0.5, 0.6) is 11.5 Å². The second kappa shape index (κ2) is 8.96. The number of ether oxygens (including phenoxy) is 2. The summed E-state index contributed by atoms with van der Waals surface area (Å²) in [6.45, 7) is 6.29. The van der Waals surface area contributed by atoms with Crippen LogP contribution in [0.3, 0.4) is 0 Å². The second-order valence-corrected chi connectivity index (χ2v) is 5.06. The number of halogens is 1. The zero-order chi connectivity index (χ0) is 14.4. The molecule has 1 aliphatic heterocycles. The molecular formula is C15H24IN3O2. The van der Waals surface area contributed by atoms with Gasteiger partial charge < -0.3 is 20.1 Å². The third-order valence-corrected chi connectivity index (χ3v) is 2.92. The first kappa shape index (κ1) is 17.9. The third kappa shape index (κ3) is 5.61. The summed E-state index contributed by atoms with van der Waals surface area (Å²) < 4.78 is 11.3. The molecule has 1 aliphatic rings. The van der Waals surface area contributed by atoms with E-state index in [0.29, 0.717) is 19.2 Å². The van der Waals surface area contributed by atoms with Crippen LogP contribution < -0.4 is 20.1 Å². The van der Waals surface area contributed by atoms with E-state index in [0.717, 1.165) is 36.0 Å². The minimum Gasteiger partial charge on any atom is -0.490 e. The number of guanidine groups is 1. The highest BCUT2D eigenvalue weighted by atomic mass is 127. The third-order valence-electron chi connectivity index (χ3n) is 2.92.